The summed E-state index contributed by atoms with van der Waals surface area (Å²) in [6.45, 7) is 4.12. The van der Waals surface area contributed by atoms with Crippen molar-refractivity contribution in [1.82, 2.24) is 15.1 Å². The summed E-state index contributed by atoms with van der Waals surface area (Å²) in [5.41, 5.74) is 0. The van der Waals surface area contributed by atoms with E-state index in [1.165, 1.54) is 12.1 Å². The summed E-state index contributed by atoms with van der Waals surface area (Å²) in [5.74, 6) is 1.08. The Morgan fingerprint density at radius 1 is 1.11 bits per heavy atom. The van der Waals surface area contributed by atoms with Crippen molar-refractivity contribution in [1.29, 1.82) is 0 Å². The fraction of sp³-hybridized carbons (Fsp3) is 0.667. The number of nitro groups is 1. The second-order valence-corrected chi connectivity index (χ2v) is 8.69. The van der Waals surface area contributed by atoms with Crippen LogP contribution in [-0.2, 0) is 4.79 Å². The Hall–Kier alpha value is -1.71. The molecule has 1 unspecified atom stereocenters. The average Bonchev–Trinajstić information content (AvgIpc) is 3.39. The molecule has 3 fully saturated rings. The van der Waals surface area contributed by atoms with Crippen LogP contribution in [-0.4, -0.2) is 65.3 Å². The van der Waals surface area contributed by atoms with E-state index in [2.05, 4.69) is 5.32 Å². The van der Waals surface area contributed by atoms with Gasteiger partial charge in [0.15, 0.2) is 0 Å². The van der Waals surface area contributed by atoms with E-state index < -0.39 is 11.0 Å². The van der Waals surface area contributed by atoms with E-state index in [1.54, 1.807) is 4.90 Å². The molecule has 2 amide bonds. The number of nitrogens with zero attached hydrogens (tertiary/aromatic N) is 3. The smallest absolute Gasteiger partial charge is 0.324 e. The van der Waals surface area contributed by atoms with Gasteiger partial charge in [0.25, 0.3) is 5.91 Å². The number of likely N-dealkylation sites (tertiary alicyclic amines) is 2. The van der Waals surface area contributed by atoms with Gasteiger partial charge in [-0.1, -0.05) is 11.3 Å². The molecular formula is C18H25ClN4O4S. The minimum absolute atomic E-state index is 0. The number of hydrogen-bond donors (Lipinski definition) is 1. The largest absolute Gasteiger partial charge is 0.341 e. The lowest BCUT2D eigenvalue weighted by Gasteiger charge is -2.29. The number of halogens is 1. The molecule has 0 aromatic carbocycles. The van der Waals surface area contributed by atoms with Gasteiger partial charge in [0.2, 0.25) is 5.91 Å². The van der Waals surface area contributed by atoms with Crippen molar-refractivity contribution in [3.05, 3.63) is 27.1 Å². The molecule has 10 heteroatoms. The monoisotopic (exact) mass is 428 g/mol. The number of fused-ring (bicyclic) bond motifs is 1. The maximum atomic E-state index is 13.1. The number of nitrogens with one attached hydrogen (secondary N) is 1. The summed E-state index contributed by atoms with van der Waals surface area (Å²) in [6, 6.07) is 2.41. The molecule has 3 saturated heterocycles. The topological polar surface area (TPSA) is 95.8 Å². The third kappa shape index (κ3) is 4.01. The van der Waals surface area contributed by atoms with Crippen LogP contribution < -0.4 is 5.32 Å². The molecule has 4 heterocycles. The highest BCUT2D eigenvalue weighted by molar-refractivity contribution is 7.17. The van der Waals surface area contributed by atoms with E-state index in [4.69, 9.17) is 0 Å². The van der Waals surface area contributed by atoms with Gasteiger partial charge in [-0.15, -0.1) is 12.4 Å². The average molecular weight is 429 g/mol. The van der Waals surface area contributed by atoms with Gasteiger partial charge in [-0.25, -0.2) is 0 Å². The van der Waals surface area contributed by atoms with E-state index in [0.29, 0.717) is 29.7 Å². The summed E-state index contributed by atoms with van der Waals surface area (Å²) < 4.78 is 0. The molecule has 154 valence electrons. The lowest BCUT2D eigenvalue weighted by molar-refractivity contribution is -0.380. The van der Waals surface area contributed by atoms with Crippen LogP contribution in [0.3, 0.4) is 0 Å². The minimum Gasteiger partial charge on any atom is -0.341 e. The van der Waals surface area contributed by atoms with E-state index in [0.717, 1.165) is 56.8 Å². The van der Waals surface area contributed by atoms with Gasteiger partial charge in [-0.2, -0.15) is 0 Å². The SMILES string of the molecule is Cl.O=C(C1CCCN1C(=O)c1ccc([N+](=O)[O-])s1)N1CC[C@@H]2CNC[C@@H]2CC1. The highest BCUT2D eigenvalue weighted by Crippen LogP contribution is 2.31. The Morgan fingerprint density at radius 2 is 1.79 bits per heavy atom. The van der Waals surface area contributed by atoms with Crippen molar-refractivity contribution in [2.75, 3.05) is 32.7 Å². The maximum absolute atomic E-state index is 13.1. The first-order valence-corrected chi connectivity index (χ1v) is 10.4. The minimum atomic E-state index is -0.489. The van der Waals surface area contributed by atoms with Crippen molar-refractivity contribution in [3.63, 3.8) is 0 Å². The zero-order valence-corrected chi connectivity index (χ0v) is 17.2. The Bertz CT molecular complexity index is 744. The van der Waals surface area contributed by atoms with Crippen LogP contribution in [0.1, 0.15) is 35.4 Å². The van der Waals surface area contributed by atoms with Crippen LogP contribution in [0.4, 0.5) is 5.00 Å². The lowest BCUT2D eigenvalue weighted by Crippen LogP contribution is -2.48. The molecule has 4 rings (SSSR count). The second-order valence-electron chi connectivity index (χ2n) is 7.63. The van der Waals surface area contributed by atoms with Gasteiger partial charge in [-0.3, -0.25) is 19.7 Å². The normalized spacial score (nSPS) is 27.1. The van der Waals surface area contributed by atoms with E-state index in [9.17, 15) is 19.7 Å². The Kier molecular flexibility index (Phi) is 6.57. The zero-order chi connectivity index (χ0) is 19.0. The van der Waals surface area contributed by atoms with Crippen LogP contribution in [0.5, 0.6) is 0 Å². The van der Waals surface area contributed by atoms with Gasteiger partial charge in [0.05, 0.1) is 9.80 Å². The van der Waals surface area contributed by atoms with E-state index >= 15 is 0 Å². The van der Waals surface area contributed by atoms with E-state index in [-0.39, 0.29) is 29.2 Å². The number of thiophene rings is 1. The summed E-state index contributed by atoms with van der Waals surface area (Å²) in [6.07, 6.45) is 3.49. The van der Waals surface area contributed by atoms with Crippen molar-refractivity contribution in [2.45, 2.75) is 31.7 Å². The first-order valence-electron chi connectivity index (χ1n) is 9.59. The third-order valence-electron chi connectivity index (χ3n) is 6.11. The van der Waals surface area contributed by atoms with Gasteiger partial charge in [0, 0.05) is 25.7 Å². The molecule has 3 aliphatic rings. The van der Waals surface area contributed by atoms with Crippen molar-refractivity contribution in [3.8, 4) is 0 Å². The van der Waals surface area contributed by atoms with Crippen LogP contribution in [0.15, 0.2) is 12.1 Å². The van der Waals surface area contributed by atoms with Crippen molar-refractivity contribution in [2.24, 2.45) is 11.8 Å². The van der Waals surface area contributed by atoms with E-state index in [1.807, 2.05) is 4.90 Å². The predicted molar refractivity (Wildman–Crippen MR) is 108 cm³/mol. The Morgan fingerprint density at radius 3 is 2.39 bits per heavy atom. The highest BCUT2D eigenvalue weighted by Gasteiger charge is 2.39. The molecule has 0 radical (unpaired) electrons. The maximum Gasteiger partial charge on any atom is 0.324 e. The number of carbonyl (C=O) groups is 2. The molecule has 1 N–H and O–H groups in total. The number of amides is 2. The number of carbonyl (C=O) groups excluding carboxylic acids is 2. The van der Waals surface area contributed by atoms with Gasteiger partial charge < -0.3 is 15.1 Å². The quantitative estimate of drug-likeness (QED) is 0.587. The number of rotatable bonds is 3. The summed E-state index contributed by atoms with van der Waals surface area (Å²) in [7, 11) is 0. The first-order chi connectivity index (χ1) is 13.0. The van der Waals surface area contributed by atoms with Crippen LogP contribution in [0, 0.1) is 22.0 Å². The van der Waals surface area contributed by atoms with Crippen LogP contribution in [0.2, 0.25) is 0 Å². The Labute approximate surface area is 173 Å². The second kappa shape index (κ2) is 8.75. The van der Waals surface area contributed by atoms with Crippen molar-refractivity contribution >= 4 is 40.6 Å². The molecule has 8 nitrogen and oxygen atoms in total. The molecule has 28 heavy (non-hydrogen) atoms. The van der Waals surface area contributed by atoms with Crippen LogP contribution >= 0.6 is 23.7 Å². The summed E-state index contributed by atoms with van der Waals surface area (Å²) in [5, 5.41) is 14.3. The molecule has 3 atom stereocenters. The van der Waals surface area contributed by atoms with Gasteiger partial charge >= 0.3 is 5.00 Å². The fourth-order valence-electron chi connectivity index (χ4n) is 4.60. The zero-order valence-electron chi connectivity index (χ0n) is 15.5. The lowest BCUT2D eigenvalue weighted by atomic mass is 9.92. The summed E-state index contributed by atoms with van der Waals surface area (Å²) in [4.78, 5) is 40.3. The Balaban J connectivity index is 0.00000225. The molecule has 0 bridgehead atoms. The number of hydrogen-bond acceptors (Lipinski definition) is 6. The van der Waals surface area contributed by atoms with Gasteiger partial charge in [-0.05, 0) is 56.7 Å². The third-order valence-corrected chi connectivity index (χ3v) is 7.14. The highest BCUT2D eigenvalue weighted by atomic mass is 35.5. The standard InChI is InChI=1S/C18H24N4O4S.ClH/c23-17(20-8-5-12-10-19-11-13(12)6-9-20)14-2-1-7-21(14)18(24)15-3-4-16(27-15)22(25)26;/h3-4,12-14,19H,1-2,5-11H2;1H/t12-,13+,14?;. The van der Waals surface area contributed by atoms with Crippen molar-refractivity contribution < 1.29 is 14.5 Å². The molecule has 0 aliphatic carbocycles. The van der Waals surface area contributed by atoms with Gasteiger partial charge in [0.1, 0.15) is 6.04 Å². The van der Waals surface area contributed by atoms with Crippen LogP contribution in [0.25, 0.3) is 0 Å². The molecule has 1 aromatic heterocycles. The summed E-state index contributed by atoms with van der Waals surface area (Å²) >= 11 is 0.878. The molecular weight excluding hydrogens is 404 g/mol. The molecule has 3 aliphatic heterocycles. The fourth-order valence-corrected chi connectivity index (χ4v) is 5.37. The molecule has 1 aromatic rings. The molecule has 0 saturated carbocycles. The predicted octanol–water partition coefficient (Wildman–Crippen LogP) is 2.14. The molecule has 0 spiro atoms. The first kappa shape index (κ1) is 21.0.